The van der Waals surface area contributed by atoms with Crippen LogP contribution in [0.2, 0.25) is 0 Å². The molecule has 116 valence electrons. The number of carbonyl (C=O) groups is 1. The van der Waals surface area contributed by atoms with E-state index in [1.54, 1.807) is 13.1 Å². The summed E-state index contributed by atoms with van der Waals surface area (Å²) in [6.45, 7) is 4.77. The van der Waals surface area contributed by atoms with Crippen LogP contribution in [0, 0.1) is 0 Å². The summed E-state index contributed by atoms with van der Waals surface area (Å²) < 4.78 is 5.05. The molecule has 1 aromatic carbocycles. The predicted octanol–water partition coefficient (Wildman–Crippen LogP) is 3.74. The fourth-order valence-electron chi connectivity index (χ4n) is 1.83. The first-order valence-corrected chi connectivity index (χ1v) is 7.55. The number of hydroxylamine groups is 1. The highest BCUT2D eigenvalue weighted by atomic mass is 16.6. The number of hydrogen-bond acceptors (Lipinski definition) is 4. The maximum atomic E-state index is 11.8. The Hall–Kier alpha value is -1.81. The van der Waals surface area contributed by atoms with E-state index in [9.17, 15) is 4.79 Å². The van der Waals surface area contributed by atoms with Gasteiger partial charge in [-0.15, -0.1) is 0 Å². The fraction of sp³-hybridized carbons (Fsp3) is 0.471. The third kappa shape index (κ3) is 7.51. The Labute approximate surface area is 127 Å². The third-order valence-corrected chi connectivity index (χ3v) is 2.99. The number of rotatable bonds is 10. The molecular formula is C17H25NO3. The first-order valence-electron chi connectivity index (χ1n) is 7.55. The molecule has 0 aromatic heterocycles. The molecule has 0 bridgehead atoms. The van der Waals surface area contributed by atoms with Crippen LogP contribution in [0.15, 0.2) is 42.1 Å². The van der Waals surface area contributed by atoms with Crippen LogP contribution in [-0.2, 0) is 21.0 Å². The molecule has 0 spiro atoms. The molecule has 0 aliphatic heterocycles. The van der Waals surface area contributed by atoms with Gasteiger partial charge in [-0.25, -0.2) is 4.79 Å². The van der Waals surface area contributed by atoms with E-state index in [-0.39, 0.29) is 5.97 Å². The standard InChI is InChI=1S/C17H25NO3/c1-3-5-7-12-16(17(19)20-4-2)13-18-21-14-15-10-8-6-9-11-15/h6,8-11,13,18H,3-5,7,12,14H2,1-2H3. The van der Waals surface area contributed by atoms with Gasteiger partial charge in [0.05, 0.1) is 18.8 Å². The van der Waals surface area contributed by atoms with Crippen molar-refractivity contribution in [3.05, 3.63) is 47.7 Å². The predicted molar refractivity (Wildman–Crippen MR) is 83.2 cm³/mol. The van der Waals surface area contributed by atoms with Crippen LogP contribution in [0.3, 0.4) is 0 Å². The van der Waals surface area contributed by atoms with Crippen molar-refractivity contribution in [1.82, 2.24) is 5.48 Å². The molecule has 0 atom stereocenters. The maximum absolute atomic E-state index is 11.8. The molecule has 0 unspecified atom stereocenters. The normalized spacial score (nSPS) is 11.2. The first kappa shape index (κ1) is 17.2. The van der Waals surface area contributed by atoms with E-state index < -0.39 is 0 Å². The summed E-state index contributed by atoms with van der Waals surface area (Å²) in [4.78, 5) is 17.2. The zero-order valence-electron chi connectivity index (χ0n) is 12.9. The molecule has 0 radical (unpaired) electrons. The Balaban J connectivity index is 2.42. The summed E-state index contributed by atoms with van der Waals surface area (Å²) in [5.41, 5.74) is 4.43. The Kier molecular flexibility index (Phi) is 8.96. The summed E-state index contributed by atoms with van der Waals surface area (Å²) in [6, 6.07) is 9.86. The zero-order valence-corrected chi connectivity index (χ0v) is 12.9. The highest BCUT2D eigenvalue weighted by Crippen LogP contribution is 2.10. The molecular weight excluding hydrogens is 266 g/mol. The van der Waals surface area contributed by atoms with Crippen molar-refractivity contribution in [1.29, 1.82) is 0 Å². The van der Waals surface area contributed by atoms with E-state index in [4.69, 9.17) is 9.57 Å². The topological polar surface area (TPSA) is 47.6 Å². The molecule has 1 N–H and O–H groups in total. The zero-order chi connectivity index (χ0) is 15.3. The molecule has 4 heteroatoms. The van der Waals surface area contributed by atoms with Crippen LogP contribution in [0.25, 0.3) is 0 Å². The van der Waals surface area contributed by atoms with Crippen molar-refractivity contribution in [3.63, 3.8) is 0 Å². The van der Waals surface area contributed by atoms with E-state index in [0.717, 1.165) is 24.8 Å². The maximum Gasteiger partial charge on any atom is 0.335 e. The van der Waals surface area contributed by atoms with E-state index in [0.29, 0.717) is 25.2 Å². The van der Waals surface area contributed by atoms with Crippen molar-refractivity contribution in [3.8, 4) is 0 Å². The minimum atomic E-state index is -0.274. The van der Waals surface area contributed by atoms with Crippen molar-refractivity contribution < 1.29 is 14.4 Å². The van der Waals surface area contributed by atoms with Crippen LogP contribution in [0.5, 0.6) is 0 Å². The number of nitrogens with one attached hydrogen (secondary N) is 1. The van der Waals surface area contributed by atoms with E-state index >= 15 is 0 Å². The molecule has 0 saturated heterocycles. The molecule has 1 aromatic rings. The van der Waals surface area contributed by atoms with Gasteiger partial charge in [-0.2, -0.15) is 0 Å². The average molecular weight is 291 g/mol. The molecule has 4 nitrogen and oxygen atoms in total. The van der Waals surface area contributed by atoms with Gasteiger partial charge < -0.3 is 4.74 Å². The highest BCUT2D eigenvalue weighted by Gasteiger charge is 2.09. The molecule has 0 aliphatic carbocycles. The lowest BCUT2D eigenvalue weighted by Crippen LogP contribution is -2.14. The minimum Gasteiger partial charge on any atom is -0.463 e. The Bertz CT molecular complexity index is 429. The second kappa shape index (κ2) is 10.9. The van der Waals surface area contributed by atoms with Crippen LogP contribution < -0.4 is 5.48 Å². The quantitative estimate of drug-likeness (QED) is 0.309. The van der Waals surface area contributed by atoms with Gasteiger partial charge in [-0.3, -0.25) is 10.3 Å². The SMILES string of the molecule is CCCCCC(=CNOCc1ccccc1)C(=O)OCC. The summed E-state index contributed by atoms with van der Waals surface area (Å²) in [5, 5.41) is 0. The van der Waals surface area contributed by atoms with Gasteiger partial charge in [0, 0.05) is 6.20 Å². The highest BCUT2D eigenvalue weighted by molar-refractivity contribution is 5.88. The molecule has 0 heterocycles. The molecule has 0 amide bonds. The van der Waals surface area contributed by atoms with Gasteiger partial charge in [0.1, 0.15) is 0 Å². The lowest BCUT2D eigenvalue weighted by Gasteiger charge is -2.08. The average Bonchev–Trinajstić information content (AvgIpc) is 2.51. The number of hydrogen-bond donors (Lipinski definition) is 1. The van der Waals surface area contributed by atoms with Crippen molar-refractivity contribution in [2.75, 3.05) is 6.61 Å². The smallest absolute Gasteiger partial charge is 0.335 e. The second-order valence-electron chi connectivity index (χ2n) is 4.74. The Morgan fingerprint density at radius 2 is 1.95 bits per heavy atom. The number of carbonyl (C=O) groups excluding carboxylic acids is 1. The molecule has 0 aliphatic rings. The fourth-order valence-corrected chi connectivity index (χ4v) is 1.83. The van der Waals surface area contributed by atoms with E-state index in [1.807, 2.05) is 30.3 Å². The van der Waals surface area contributed by atoms with Crippen LogP contribution in [-0.4, -0.2) is 12.6 Å². The third-order valence-electron chi connectivity index (χ3n) is 2.99. The Morgan fingerprint density at radius 1 is 1.19 bits per heavy atom. The minimum absolute atomic E-state index is 0.274. The molecule has 0 fully saturated rings. The van der Waals surface area contributed by atoms with Crippen molar-refractivity contribution in [2.45, 2.75) is 46.1 Å². The Morgan fingerprint density at radius 3 is 2.62 bits per heavy atom. The lowest BCUT2D eigenvalue weighted by atomic mass is 10.1. The van der Waals surface area contributed by atoms with Gasteiger partial charge in [-0.05, 0) is 25.3 Å². The van der Waals surface area contributed by atoms with E-state index in [1.165, 1.54) is 0 Å². The molecule has 1 rings (SSSR count). The first-order chi connectivity index (χ1) is 10.3. The van der Waals surface area contributed by atoms with Gasteiger partial charge in [-0.1, -0.05) is 50.1 Å². The van der Waals surface area contributed by atoms with Crippen LogP contribution in [0.4, 0.5) is 0 Å². The van der Waals surface area contributed by atoms with Crippen molar-refractivity contribution in [2.24, 2.45) is 0 Å². The number of unbranched alkanes of at least 4 members (excludes halogenated alkanes) is 2. The summed E-state index contributed by atoms with van der Waals surface area (Å²) >= 11 is 0. The summed E-state index contributed by atoms with van der Waals surface area (Å²) in [5.74, 6) is -0.274. The van der Waals surface area contributed by atoms with Gasteiger partial charge in [0.2, 0.25) is 0 Å². The number of ether oxygens (including phenoxy) is 1. The number of esters is 1. The second-order valence-corrected chi connectivity index (χ2v) is 4.74. The van der Waals surface area contributed by atoms with Gasteiger partial charge in [0.25, 0.3) is 0 Å². The largest absolute Gasteiger partial charge is 0.463 e. The van der Waals surface area contributed by atoms with Gasteiger partial charge >= 0.3 is 5.97 Å². The molecule has 0 saturated carbocycles. The summed E-state index contributed by atoms with van der Waals surface area (Å²) in [6.07, 6.45) is 5.50. The van der Waals surface area contributed by atoms with Crippen LogP contribution >= 0.6 is 0 Å². The lowest BCUT2D eigenvalue weighted by molar-refractivity contribution is -0.138. The summed E-state index contributed by atoms with van der Waals surface area (Å²) in [7, 11) is 0. The van der Waals surface area contributed by atoms with Crippen LogP contribution in [0.1, 0.15) is 45.1 Å². The van der Waals surface area contributed by atoms with E-state index in [2.05, 4.69) is 12.4 Å². The van der Waals surface area contributed by atoms with Crippen molar-refractivity contribution >= 4 is 5.97 Å². The van der Waals surface area contributed by atoms with Gasteiger partial charge in [0.15, 0.2) is 0 Å². The monoisotopic (exact) mass is 291 g/mol. The number of benzene rings is 1. The molecule has 21 heavy (non-hydrogen) atoms.